The van der Waals surface area contributed by atoms with Gasteiger partial charge in [0.15, 0.2) is 11.6 Å². The third-order valence-corrected chi connectivity index (χ3v) is 5.14. The van der Waals surface area contributed by atoms with Crippen LogP contribution in [0.2, 0.25) is 5.02 Å². The number of aromatic carboxylic acids is 1. The number of carbonyl (C=O) groups is 2. The molecule has 12 heteroatoms. The number of carboxylic acids is 1. The molecule has 0 saturated heterocycles. The van der Waals surface area contributed by atoms with Crippen LogP contribution >= 0.6 is 11.6 Å². The van der Waals surface area contributed by atoms with Gasteiger partial charge < -0.3 is 24.7 Å². The molecule has 0 spiro atoms. The number of halogens is 2. The molecule has 182 valence electrons. The number of hydrogen-bond acceptors (Lipinski definition) is 8. The van der Waals surface area contributed by atoms with E-state index in [9.17, 15) is 19.1 Å². The number of hydrogen-bond donors (Lipinski definition) is 1. The molecule has 0 aliphatic carbocycles. The maximum absolute atomic E-state index is 14.7. The minimum atomic E-state index is -1.44. The molecule has 0 bridgehead atoms. The Labute approximate surface area is 223 Å². The number of rotatable bonds is 4. The van der Waals surface area contributed by atoms with Gasteiger partial charge in [-0.3, -0.25) is 9.88 Å². The summed E-state index contributed by atoms with van der Waals surface area (Å²) in [5.41, 5.74) is -0.362. The summed E-state index contributed by atoms with van der Waals surface area (Å²) in [5, 5.41) is 14.8. The van der Waals surface area contributed by atoms with E-state index in [0.29, 0.717) is 0 Å². The smallest absolute Gasteiger partial charge is 0.545 e. The molecule has 3 aromatic rings. The Hall–Kier alpha value is -3.32. The fourth-order valence-electron chi connectivity index (χ4n) is 3.42. The van der Waals surface area contributed by atoms with Crippen molar-refractivity contribution in [2.45, 2.75) is 26.4 Å². The number of anilines is 3. The Balaban J connectivity index is 0.00000361. The minimum absolute atomic E-state index is 0. The van der Waals surface area contributed by atoms with Gasteiger partial charge in [-0.25, -0.2) is 14.2 Å². The van der Waals surface area contributed by atoms with Crippen molar-refractivity contribution in [1.82, 2.24) is 9.97 Å². The van der Waals surface area contributed by atoms with Crippen molar-refractivity contribution < 1.29 is 47.4 Å². The van der Waals surface area contributed by atoms with Crippen LogP contribution in [0.25, 0.3) is 11.3 Å². The van der Waals surface area contributed by atoms with Gasteiger partial charge in [-0.2, -0.15) is 0 Å². The topological polar surface area (TPSA) is 117 Å². The van der Waals surface area contributed by atoms with Crippen molar-refractivity contribution in [3.63, 3.8) is 0 Å². The van der Waals surface area contributed by atoms with E-state index < -0.39 is 23.5 Å². The number of ether oxygens (including phenoxy) is 2. The first kappa shape index (κ1) is 27.3. The van der Waals surface area contributed by atoms with Gasteiger partial charge in [-0.15, -0.1) is 0 Å². The molecule has 1 aliphatic heterocycles. The zero-order valence-electron chi connectivity index (χ0n) is 20.1. The fourth-order valence-corrected chi connectivity index (χ4v) is 3.59. The number of aromatic nitrogens is 2. The van der Waals surface area contributed by atoms with Gasteiger partial charge in [0, 0.05) is 28.5 Å². The monoisotopic (exact) mass is 506 g/mol. The number of carbonyl (C=O) groups excluding carboxylic acids is 2. The molecule has 36 heavy (non-hydrogen) atoms. The van der Waals surface area contributed by atoms with Crippen molar-refractivity contribution in [2.24, 2.45) is 0 Å². The van der Waals surface area contributed by atoms with E-state index in [2.05, 4.69) is 15.3 Å². The molecular weight excluding hydrogens is 486 g/mol. The number of nitrogens with one attached hydrogen (secondary N) is 1. The molecule has 1 aromatic carbocycles. The molecule has 0 fully saturated rings. The number of nitrogens with zero attached hydrogens (tertiary/aromatic N) is 3. The number of carboxylic acid groups (broad SMARTS) is 1. The Morgan fingerprint density at radius 2 is 1.97 bits per heavy atom. The zero-order chi connectivity index (χ0) is 25.3. The summed E-state index contributed by atoms with van der Waals surface area (Å²) in [7, 11) is 0. The second kappa shape index (κ2) is 10.7. The van der Waals surface area contributed by atoms with Crippen LogP contribution in [0, 0.1) is 5.82 Å². The Bertz CT molecular complexity index is 1320. The van der Waals surface area contributed by atoms with Crippen molar-refractivity contribution >= 4 is 40.9 Å². The molecule has 3 heterocycles. The summed E-state index contributed by atoms with van der Waals surface area (Å²) >= 11 is 6.09. The Morgan fingerprint density at radius 3 is 2.67 bits per heavy atom. The van der Waals surface area contributed by atoms with Gasteiger partial charge in [0.25, 0.3) is 0 Å². The quantitative estimate of drug-likeness (QED) is 0.524. The van der Waals surface area contributed by atoms with Crippen LogP contribution in [0.3, 0.4) is 0 Å². The summed E-state index contributed by atoms with van der Waals surface area (Å²) in [6.07, 6.45) is 1.87. The summed E-state index contributed by atoms with van der Waals surface area (Å²) in [4.78, 5) is 34.1. The first-order valence-electron chi connectivity index (χ1n) is 10.6. The van der Waals surface area contributed by atoms with E-state index in [-0.39, 0.29) is 76.8 Å². The minimum Gasteiger partial charge on any atom is -0.545 e. The molecule has 1 N–H and O–H groups in total. The number of amides is 1. The van der Waals surface area contributed by atoms with Crippen LogP contribution in [0.15, 0.2) is 42.7 Å². The zero-order valence-corrected chi connectivity index (χ0v) is 20.9. The number of pyridine rings is 2. The Kier molecular flexibility index (Phi) is 8.14. The van der Waals surface area contributed by atoms with Crippen molar-refractivity contribution in [3.8, 4) is 17.0 Å². The third-order valence-electron chi connectivity index (χ3n) is 4.90. The van der Waals surface area contributed by atoms with Crippen molar-refractivity contribution in [3.05, 3.63) is 59.1 Å². The number of fused-ring (bicyclic) bond motifs is 1. The van der Waals surface area contributed by atoms with E-state index in [0.717, 1.165) is 6.20 Å². The van der Waals surface area contributed by atoms with Gasteiger partial charge >= 0.3 is 25.0 Å². The molecule has 2 aromatic heterocycles. The van der Waals surface area contributed by atoms with Gasteiger partial charge in [-0.05, 0) is 51.1 Å². The Morgan fingerprint density at radius 1 is 1.22 bits per heavy atom. The van der Waals surface area contributed by atoms with Crippen LogP contribution in [0.4, 0.5) is 26.4 Å². The maximum atomic E-state index is 14.7. The van der Waals surface area contributed by atoms with Crippen LogP contribution in [-0.2, 0) is 4.74 Å². The van der Waals surface area contributed by atoms with E-state index in [1.54, 1.807) is 20.8 Å². The van der Waals surface area contributed by atoms with Crippen LogP contribution in [-0.4, -0.2) is 40.8 Å². The molecule has 4 rings (SSSR count). The van der Waals surface area contributed by atoms with E-state index in [1.807, 2.05) is 0 Å². The third kappa shape index (κ3) is 5.90. The predicted molar refractivity (Wildman–Crippen MR) is 126 cm³/mol. The largest absolute Gasteiger partial charge is 1.00 e. The van der Waals surface area contributed by atoms with Gasteiger partial charge in [-0.1, -0.05) is 11.6 Å². The van der Waals surface area contributed by atoms with Gasteiger partial charge in [0.1, 0.15) is 18.0 Å². The van der Waals surface area contributed by atoms with E-state index in [4.69, 9.17) is 21.1 Å². The molecule has 1 aliphatic rings. The summed E-state index contributed by atoms with van der Waals surface area (Å²) in [5.74, 6) is -1.79. The number of benzene rings is 1. The molecule has 0 atom stereocenters. The summed E-state index contributed by atoms with van der Waals surface area (Å²) < 4.78 is 26.1. The van der Waals surface area contributed by atoms with Gasteiger partial charge in [0.2, 0.25) is 0 Å². The summed E-state index contributed by atoms with van der Waals surface area (Å²) in [6, 6.07) is 6.91. The molecule has 0 saturated carbocycles. The average Bonchev–Trinajstić information content (AvgIpc) is 2.79. The van der Waals surface area contributed by atoms with E-state index in [1.165, 1.54) is 41.4 Å². The average molecular weight is 507 g/mol. The summed E-state index contributed by atoms with van der Waals surface area (Å²) in [6.45, 7) is 5.45. The SMILES string of the molecule is CC(C)(C)OC(=O)N1CCOc2c(Nc3ccncc3C(=O)[O-])cc(-c3cc(Cl)ccc3F)nc21.[Li+]. The predicted octanol–water partition coefficient (Wildman–Crippen LogP) is 1.18. The molecule has 9 nitrogen and oxygen atoms in total. The molecule has 0 unspecified atom stereocenters. The fraction of sp³-hybridized carbons (Fsp3) is 0.250. The molecular formula is C24H21ClFLiN4O5. The van der Waals surface area contributed by atoms with Gasteiger partial charge in [0.05, 0.1) is 29.6 Å². The second-order valence-electron chi connectivity index (χ2n) is 8.65. The van der Waals surface area contributed by atoms with Crippen LogP contribution in [0.5, 0.6) is 5.75 Å². The first-order chi connectivity index (χ1) is 16.5. The maximum Gasteiger partial charge on any atom is 1.00 e. The standard InChI is InChI=1S/C24H22ClFN4O5.Li/c1-24(2,3)35-23(33)30-8-9-34-20-19(28-17-6-7-27-12-15(17)22(31)32)11-18(29-21(20)30)14-10-13(25)4-5-16(14)26;/h4-7,10-12H,8-9H2,1-3H3,(H,31,32)(H,27,28,29);/q;+1/p-1. The second-order valence-corrected chi connectivity index (χ2v) is 9.08. The van der Waals surface area contributed by atoms with E-state index >= 15 is 0 Å². The normalized spacial score (nSPS) is 12.6. The molecule has 0 radical (unpaired) electrons. The van der Waals surface area contributed by atoms with Crippen molar-refractivity contribution in [2.75, 3.05) is 23.4 Å². The van der Waals surface area contributed by atoms with Crippen LogP contribution < -0.4 is 38.9 Å². The first-order valence-corrected chi connectivity index (χ1v) is 11.0. The molecule has 1 amide bonds. The van der Waals surface area contributed by atoms with Crippen LogP contribution in [0.1, 0.15) is 31.1 Å². The van der Waals surface area contributed by atoms with Crippen molar-refractivity contribution in [1.29, 1.82) is 0 Å².